The molecule has 7 nitrogen and oxygen atoms in total. The number of nitrogens with one attached hydrogen (secondary N) is 1. The molecule has 2 rings (SSSR count). The zero-order valence-corrected chi connectivity index (χ0v) is 11.4. The van der Waals surface area contributed by atoms with E-state index in [9.17, 15) is 14.9 Å². The summed E-state index contributed by atoms with van der Waals surface area (Å²) in [4.78, 5) is 26.6. The maximum atomic E-state index is 12.1. The van der Waals surface area contributed by atoms with Crippen molar-refractivity contribution in [1.29, 1.82) is 0 Å². The summed E-state index contributed by atoms with van der Waals surface area (Å²) < 4.78 is 0. The molecule has 0 aliphatic rings. The third-order valence-corrected chi connectivity index (χ3v) is 3.62. The molecule has 0 bridgehead atoms. The van der Waals surface area contributed by atoms with Gasteiger partial charge in [-0.15, -0.1) is 11.3 Å². The van der Waals surface area contributed by atoms with Crippen LogP contribution in [-0.4, -0.2) is 15.8 Å². The zero-order valence-electron chi connectivity index (χ0n) is 10.6. The lowest BCUT2D eigenvalue weighted by Gasteiger charge is -2.11. The lowest BCUT2D eigenvalue weighted by atomic mass is 10.1. The van der Waals surface area contributed by atoms with Gasteiger partial charge in [0.2, 0.25) is 0 Å². The molecular formula is C12H12N4O3S. The number of rotatable bonds is 4. The summed E-state index contributed by atoms with van der Waals surface area (Å²) in [5.41, 5.74) is 5.08. The van der Waals surface area contributed by atoms with Crippen molar-refractivity contribution >= 4 is 28.6 Å². The van der Waals surface area contributed by atoms with Gasteiger partial charge in [-0.3, -0.25) is 14.9 Å². The highest BCUT2D eigenvalue weighted by Crippen LogP contribution is 2.26. The smallest absolute Gasteiger partial charge is 0.304 e. The quantitative estimate of drug-likeness (QED) is 0.509. The molecule has 0 aliphatic carbocycles. The second kappa shape index (κ2) is 5.66. The third kappa shape index (κ3) is 2.75. The molecule has 1 amide bonds. The molecule has 20 heavy (non-hydrogen) atoms. The van der Waals surface area contributed by atoms with Crippen LogP contribution in [0.4, 0.5) is 11.4 Å². The van der Waals surface area contributed by atoms with Crippen LogP contribution >= 0.6 is 11.3 Å². The molecule has 1 unspecified atom stereocenters. The number of nitrogens with zero attached hydrogens (tertiary/aromatic N) is 2. The summed E-state index contributed by atoms with van der Waals surface area (Å²) >= 11 is 1.40. The van der Waals surface area contributed by atoms with E-state index in [1.165, 1.54) is 29.5 Å². The van der Waals surface area contributed by atoms with Crippen molar-refractivity contribution in [1.82, 2.24) is 10.3 Å². The van der Waals surface area contributed by atoms with Crippen LogP contribution in [0.3, 0.4) is 0 Å². The number of para-hydroxylation sites is 1. The van der Waals surface area contributed by atoms with Gasteiger partial charge in [0, 0.05) is 11.6 Å². The van der Waals surface area contributed by atoms with Gasteiger partial charge in [-0.1, -0.05) is 6.07 Å². The number of nitro benzene ring substituents is 1. The van der Waals surface area contributed by atoms with Crippen molar-refractivity contribution in [2.45, 2.75) is 13.0 Å². The average Bonchev–Trinajstić information content (AvgIpc) is 2.91. The second-order valence-corrected chi connectivity index (χ2v) is 4.99. The SMILES string of the molecule is CC(NC(=O)c1cccc(N)c1[N+](=O)[O-])c1nccs1. The first-order valence-electron chi connectivity index (χ1n) is 5.74. The molecule has 2 aromatic rings. The van der Waals surface area contributed by atoms with E-state index < -0.39 is 10.8 Å². The van der Waals surface area contributed by atoms with E-state index in [0.29, 0.717) is 0 Å². The summed E-state index contributed by atoms with van der Waals surface area (Å²) in [5, 5.41) is 16.2. The van der Waals surface area contributed by atoms with Gasteiger partial charge in [0.15, 0.2) is 0 Å². The molecule has 1 atom stereocenters. The number of thiazole rings is 1. The Balaban J connectivity index is 2.26. The fraction of sp³-hybridized carbons (Fsp3) is 0.167. The fourth-order valence-electron chi connectivity index (χ4n) is 1.73. The van der Waals surface area contributed by atoms with Crippen LogP contribution in [0, 0.1) is 10.1 Å². The molecule has 0 spiro atoms. The van der Waals surface area contributed by atoms with E-state index in [1.54, 1.807) is 18.5 Å². The highest BCUT2D eigenvalue weighted by molar-refractivity contribution is 7.09. The van der Waals surface area contributed by atoms with Crippen LogP contribution in [-0.2, 0) is 0 Å². The highest BCUT2D eigenvalue weighted by atomic mass is 32.1. The van der Waals surface area contributed by atoms with Crippen molar-refractivity contribution in [3.63, 3.8) is 0 Å². The molecule has 8 heteroatoms. The maximum Gasteiger partial charge on any atom is 0.304 e. The number of aromatic nitrogens is 1. The Bertz CT molecular complexity index is 642. The first-order valence-corrected chi connectivity index (χ1v) is 6.61. The third-order valence-electron chi connectivity index (χ3n) is 2.66. The molecule has 1 aromatic carbocycles. The number of nitrogen functional groups attached to an aromatic ring is 1. The van der Waals surface area contributed by atoms with E-state index in [2.05, 4.69) is 10.3 Å². The molecule has 0 radical (unpaired) electrons. The van der Waals surface area contributed by atoms with E-state index >= 15 is 0 Å². The number of benzene rings is 1. The largest absolute Gasteiger partial charge is 0.393 e. The van der Waals surface area contributed by atoms with Crippen molar-refractivity contribution in [3.8, 4) is 0 Å². The fourth-order valence-corrected chi connectivity index (χ4v) is 2.38. The van der Waals surface area contributed by atoms with Crippen molar-refractivity contribution in [3.05, 3.63) is 50.5 Å². The van der Waals surface area contributed by atoms with Gasteiger partial charge in [0.25, 0.3) is 5.91 Å². The highest BCUT2D eigenvalue weighted by Gasteiger charge is 2.24. The average molecular weight is 292 g/mol. The van der Waals surface area contributed by atoms with Crippen LogP contribution in [0.5, 0.6) is 0 Å². The second-order valence-electron chi connectivity index (χ2n) is 4.07. The lowest BCUT2D eigenvalue weighted by Crippen LogP contribution is -2.27. The number of nitro groups is 1. The standard InChI is InChI=1S/C12H12N4O3S/c1-7(12-14-5-6-20-12)15-11(17)8-3-2-4-9(13)10(8)16(18)19/h2-7H,13H2,1H3,(H,15,17). The Morgan fingerprint density at radius 1 is 1.55 bits per heavy atom. The molecule has 1 aromatic heterocycles. The summed E-state index contributed by atoms with van der Waals surface area (Å²) in [7, 11) is 0. The Labute approximate surface area is 118 Å². The normalized spacial score (nSPS) is 11.8. The number of hydrogen-bond donors (Lipinski definition) is 2. The van der Waals surface area contributed by atoms with Gasteiger partial charge in [-0.2, -0.15) is 0 Å². The maximum absolute atomic E-state index is 12.1. The minimum absolute atomic E-state index is 0.0375. The monoisotopic (exact) mass is 292 g/mol. The summed E-state index contributed by atoms with van der Waals surface area (Å²) in [5.74, 6) is -0.549. The molecule has 0 fully saturated rings. The lowest BCUT2D eigenvalue weighted by molar-refractivity contribution is -0.384. The first kappa shape index (κ1) is 13.9. The van der Waals surface area contributed by atoms with E-state index in [0.717, 1.165) is 5.01 Å². The zero-order chi connectivity index (χ0) is 14.7. The van der Waals surface area contributed by atoms with E-state index in [-0.39, 0.29) is 23.0 Å². The van der Waals surface area contributed by atoms with Crippen LogP contribution in [0.25, 0.3) is 0 Å². The topological polar surface area (TPSA) is 111 Å². The predicted octanol–water partition coefficient (Wildman–Crippen LogP) is 2.12. The molecule has 0 aliphatic heterocycles. The molecule has 104 valence electrons. The Morgan fingerprint density at radius 2 is 2.30 bits per heavy atom. The molecule has 0 saturated carbocycles. The molecule has 1 heterocycles. The summed E-state index contributed by atoms with van der Waals surface area (Å²) in [6, 6.07) is 3.94. The summed E-state index contributed by atoms with van der Waals surface area (Å²) in [6.45, 7) is 1.76. The Kier molecular flexibility index (Phi) is 3.94. The van der Waals surface area contributed by atoms with E-state index in [1.807, 2.05) is 0 Å². The molecule has 0 saturated heterocycles. The number of nitrogens with two attached hydrogens (primary N) is 1. The van der Waals surface area contributed by atoms with Gasteiger partial charge in [-0.25, -0.2) is 4.98 Å². The Hall–Kier alpha value is -2.48. The van der Waals surface area contributed by atoms with Gasteiger partial charge >= 0.3 is 5.69 Å². The summed E-state index contributed by atoms with van der Waals surface area (Å²) in [6.07, 6.45) is 1.63. The minimum atomic E-state index is -0.654. The van der Waals surface area contributed by atoms with Crippen molar-refractivity contribution in [2.75, 3.05) is 5.73 Å². The van der Waals surface area contributed by atoms with Crippen LogP contribution in [0.15, 0.2) is 29.8 Å². The molecule has 3 N–H and O–H groups in total. The Morgan fingerprint density at radius 3 is 2.90 bits per heavy atom. The minimum Gasteiger partial charge on any atom is -0.393 e. The van der Waals surface area contributed by atoms with Crippen molar-refractivity contribution < 1.29 is 9.72 Å². The molecular weight excluding hydrogens is 280 g/mol. The predicted molar refractivity (Wildman–Crippen MR) is 75.5 cm³/mol. The van der Waals surface area contributed by atoms with Crippen LogP contribution < -0.4 is 11.1 Å². The van der Waals surface area contributed by atoms with Gasteiger partial charge in [-0.05, 0) is 19.1 Å². The number of carbonyl (C=O) groups is 1. The number of hydrogen-bond acceptors (Lipinski definition) is 6. The number of anilines is 1. The van der Waals surface area contributed by atoms with Gasteiger partial charge < -0.3 is 11.1 Å². The van der Waals surface area contributed by atoms with Gasteiger partial charge in [0.1, 0.15) is 16.3 Å². The number of carbonyl (C=O) groups excluding carboxylic acids is 1. The van der Waals surface area contributed by atoms with Gasteiger partial charge in [0.05, 0.1) is 11.0 Å². The van der Waals surface area contributed by atoms with Crippen molar-refractivity contribution in [2.24, 2.45) is 0 Å². The first-order chi connectivity index (χ1) is 9.50. The van der Waals surface area contributed by atoms with Crippen LogP contribution in [0.1, 0.15) is 28.3 Å². The van der Waals surface area contributed by atoms with Crippen LogP contribution in [0.2, 0.25) is 0 Å². The van der Waals surface area contributed by atoms with E-state index in [4.69, 9.17) is 5.73 Å². The number of amides is 1.